The summed E-state index contributed by atoms with van der Waals surface area (Å²) in [5.41, 5.74) is -0.123. The summed E-state index contributed by atoms with van der Waals surface area (Å²) in [6.45, 7) is 1.91. The molecule has 1 amide bonds. The maximum absolute atomic E-state index is 13.6. The van der Waals surface area contributed by atoms with Gasteiger partial charge in [0.05, 0.1) is 11.3 Å². The second-order valence-electron chi connectivity index (χ2n) is 4.95. The number of carboxylic acid groups (broad SMARTS) is 1. The van der Waals surface area contributed by atoms with Gasteiger partial charge in [-0.2, -0.15) is 0 Å². The average molecular weight is 280 g/mol. The van der Waals surface area contributed by atoms with Crippen LogP contribution >= 0.6 is 0 Å². The van der Waals surface area contributed by atoms with Gasteiger partial charge in [0.1, 0.15) is 5.82 Å². The topological polar surface area (TPSA) is 78.4 Å². The number of carboxylic acids is 1. The van der Waals surface area contributed by atoms with Crippen molar-refractivity contribution in [2.24, 2.45) is 5.92 Å². The van der Waals surface area contributed by atoms with Gasteiger partial charge < -0.3 is 15.7 Å². The molecule has 1 aliphatic heterocycles. The number of benzene rings is 1. The van der Waals surface area contributed by atoms with Crippen molar-refractivity contribution in [2.45, 2.75) is 19.3 Å². The third-order valence-corrected chi connectivity index (χ3v) is 3.43. The number of hydrogen-bond donors (Lipinski definition) is 3. The van der Waals surface area contributed by atoms with E-state index in [1.807, 2.05) is 0 Å². The molecule has 1 saturated heterocycles. The molecule has 3 N–H and O–H groups in total. The highest BCUT2D eigenvalue weighted by Gasteiger charge is 2.16. The van der Waals surface area contributed by atoms with Gasteiger partial charge in [-0.1, -0.05) is 0 Å². The maximum Gasteiger partial charge on any atom is 0.335 e. The van der Waals surface area contributed by atoms with E-state index in [1.54, 1.807) is 0 Å². The van der Waals surface area contributed by atoms with Crippen molar-refractivity contribution < 1.29 is 19.1 Å². The van der Waals surface area contributed by atoms with Gasteiger partial charge in [-0.25, -0.2) is 9.18 Å². The van der Waals surface area contributed by atoms with Crippen LogP contribution in [0.25, 0.3) is 0 Å². The molecular formula is C14H17FN2O3. The molecule has 1 atom stereocenters. The number of hydrogen-bond acceptors (Lipinski definition) is 3. The quantitative estimate of drug-likeness (QED) is 0.769. The van der Waals surface area contributed by atoms with E-state index < -0.39 is 11.8 Å². The zero-order valence-electron chi connectivity index (χ0n) is 11.0. The van der Waals surface area contributed by atoms with Crippen molar-refractivity contribution in [1.29, 1.82) is 0 Å². The lowest BCUT2D eigenvalue weighted by atomic mass is 10.0. The summed E-state index contributed by atoms with van der Waals surface area (Å²) < 4.78 is 13.6. The molecule has 0 spiro atoms. The predicted molar refractivity (Wildman–Crippen MR) is 72.2 cm³/mol. The molecule has 1 heterocycles. The van der Waals surface area contributed by atoms with Crippen molar-refractivity contribution in [3.63, 3.8) is 0 Å². The normalized spacial score (nSPS) is 17.9. The van der Waals surface area contributed by atoms with Gasteiger partial charge in [0, 0.05) is 6.42 Å². The number of carbonyl (C=O) groups excluding carboxylic acids is 1. The van der Waals surface area contributed by atoms with Crippen LogP contribution in [0.1, 0.15) is 29.6 Å². The van der Waals surface area contributed by atoms with Gasteiger partial charge in [0.15, 0.2) is 0 Å². The monoisotopic (exact) mass is 280 g/mol. The van der Waals surface area contributed by atoms with E-state index in [2.05, 4.69) is 10.6 Å². The Morgan fingerprint density at radius 1 is 1.45 bits per heavy atom. The summed E-state index contributed by atoms with van der Waals surface area (Å²) >= 11 is 0. The summed E-state index contributed by atoms with van der Waals surface area (Å²) in [5, 5.41) is 14.4. The number of carbonyl (C=O) groups is 2. The Morgan fingerprint density at radius 2 is 2.25 bits per heavy atom. The molecule has 1 aromatic rings. The Morgan fingerprint density at radius 3 is 2.85 bits per heavy atom. The van der Waals surface area contributed by atoms with E-state index in [0.29, 0.717) is 12.3 Å². The third kappa shape index (κ3) is 3.77. The molecule has 108 valence electrons. The summed E-state index contributed by atoms with van der Waals surface area (Å²) in [7, 11) is 0. The summed E-state index contributed by atoms with van der Waals surface area (Å²) in [5.74, 6) is -1.69. The lowest BCUT2D eigenvalue weighted by Gasteiger charge is -2.09. The first-order valence-electron chi connectivity index (χ1n) is 6.59. The lowest BCUT2D eigenvalue weighted by Crippen LogP contribution is -2.15. The first kappa shape index (κ1) is 14.5. The highest BCUT2D eigenvalue weighted by Crippen LogP contribution is 2.18. The molecular weight excluding hydrogens is 263 g/mol. The molecule has 0 aliphatic carbocycles. The van der Waals surface area contributed by atoms with Crippen LogP contribution in [0.15, 0.2) is 18.2 Å². The Kier molecular flexibility index (Phi) is 4.68. The van der Waals surface area contributed by atoms with Crippen LogP contribution in [0.5, 0.6) is 0 Å². The molecule has 1 aliphatic rings. The zero-order valence-corrected chi connectivity index (χ0v) is 11.0. The van der Waals surface area contributed by atoms with Gasteiger partial charge in [-0.3, -0.25) is 4.79 Å². The van der Waals surface area contributed by atoms with Crippen LogP contribution in [-0.4, -0.2) is 30.1 Å². The molecule has 0 radical (unpaired) electrons. The van der Waals surface area contributed by atoms with Crippen molar-refractivity contribution in [3.8, 4) is 0 Å². The minimum absolute atomic E-state index is 0.0181. The van der Waals surface area contributed by atoms with Crippen molar-refractivity contribution in [3.05, 3.63) is 29.6 Å². The van der Waals surface area contributed by atoms with Gasteiger partial charge in [-0.15, -0.1) is 0 Å². The van der Waals surface area contributed by atoms with Crippen LogP contribution < -0.4 is 10.6 Å². The molecule has 20 heavy (non-hydrogen) atoms. The molecule has 1 fully saturated rings. The number of anilines is 1. The number of halogens is 1. The van der Waals surface area contributed by atoms with Gasteiger partial charge >= 0.3 is 5.97 Å². The lowest BCUT2D eigenvalue weighted by molar-refractivity contribution is -0.116. The number of amides is 1. The van der Waals surface area contributed by atoms with E-state index >= 15 is 0 Å². The SMILES string of the molecule is O=C(CCC1CCNC1)Nc1ccc(C(=O)O)cc1F. The van der Waals surface area contributed by atoms with E-state index in [1.165, 1.54) is 12.1 Å². The van der Waals surface area contributed by atoms with E-state index in [-0.39, 0.29) is 17.2 Å². The fourth-order valence-electron chi connectivity index (χ4n) is 2.26. The first-order valence-corrected chi connectivity index (χ1v) is 6.59. The van der Waals surface area contributed by atoms with Crippen molar-refractivity contribution >= 4 is 17.6 Å². The highest BCUT2D eigenvalue weighted by atomic mass is 19.1. The van der Waals surface area contributed by atoms with E-state index in [4.69, 9.17) is 5.11 Å². The van der Waals surface area contributed by atoms with Gasteiger partial charge in [0.2, 0.25) is 5.91 Å². The van der Waals surface area contributed by atoms with Crippen LogP contribution in [-0.2, 0) is 4.79 Å². The maximum atomic E-state index is 13.6. The van der Waals surface area contributed by atoms with E-state index in [0.717, 1.165) is 32.0 Å². The Hall–Kier alpha value is -1.95. The average Bonchev–Trinajstić information content (AvgIpc) is 2.91. The van der Waals surface area contributed by atoms with Crippen LogP contribution in [0, 0.1) is 11.7 Å². The number of aromatic carboxylic acids is 1. The van der Waals surface area contributed by atoms with Gasteiger partial charge in [-0.05, 0) is 50.0 Å². The second kappa shape index (κ2) is 6.47. The standard InChI is InChI=1S/C14H17FN2O3/c15-11-7-10(14(19)20)2-3-12(11)17-13(18)4-1-9-5-6-16-8-9/h2-3,7,9,16H,1,4-6,8H2,(H,17,18)(H,19,20). The molecule has 5 nitrogen and oxygen atoms in total. The molecule has 0 saturated carbocycles. The fourth-order valence-corrected chi connectivity index (χ4v) is 2.26. The van der Waals surface area contributed by atoms with Crippen molar-refractivity contribution in [1.82, 2.24) is 5.32 Å². The molecule has 1 aromatic carbocycles. The Bertz CT molecular complexity index is 513. The minimum atomic E-state index is -1.20. The Balaban J connectivity index is 1.88. The zero-order chi connectivity index (χ0) is 14.5. The first-order chi connectivity index (χ1) is 9.56. The third-order valence-electron chi connectivity index (χ3n) is 3.43. The molecule has 1 unspecified atom stereocenters. The minimum Gasteiger partial charge on any atom is -0.478 e. The van der Waals surface area contributed by atoms with E-state index in [9.17, 15) is 14.0 Å². The molecule has 6 heteroatoms. The fraction of sp³-hybridized carbons (Fsp3) is 0.429. The number of rotatable bonds is 5. The predicted octanol–water partition coefficient (Wildman–Crippen LogP) is 1.85. The number of nitrogens with one attached hydrogen (secondary N) is 2. The van der Waals surface area contributed by atoms with Crippen molar-refractivity contribution in [2.75, 3.05) is 18.4 Å². The van der Waals surface area contributed by atoms with Crippen LogP contribution in [0.3, 0.4) is 0 Å². The second-order valence-corrected chi connectivity index (χ2v) is 4.95. The summed E-state index contributed by atoms with van der Waals surface area (Å²) in [4.78, 5) is 22.4. The molecule has 0 aromatic heterocycles. The Labute approximate surface area is 116 Å². The summed E-state index contributed by atoms with van der Waals surface area (Å²) in [6, 6.07) is 3.44. The smallest absolute Gasteiger partial charge is 0.335 e. The largest absolute Gasteiger partial charge is 0.478 e. The van der Waals surface area contributed by atoms with Crippen LogP contribution in [0.2, 0.25) is 0 Å². The molecule has 0 bridgehead atoms. The summed E-state index contributed by atoms with van der Waals surface area (Å²) in [6.07, 6.45) is 2.18. The highest BCUT2D eigenvalue weighted by molar-refractivity contribution is 5.92. The molecule has 2 rings (SSSR count). The van der Waals surface area contributed by atoms with Gasteiger partial charge in [0.25, 0.3) is 0 Å². The van der Waals surface area contributed by atoms with Crippen LogP contribution in [0.4, 0.5) is 10.1 Å².